The second-order valence-corrected chi connectivity index (χ2v) is 8.69. The van der Waals surface area contributed by atoms with Gasteiger partial charge in [0.1, 0.15) is 5.69 Å². The molecule has 0 saturated carbocycles. The fraction of sp³-hybridized carbons (Fsp3) is 0.0714. The maximum Gasteiger partial charge on any atom is 0.272 e. The van der Waals surface area contributed by atoms with Crippen molar-refractivity contribution in [1.82, 2.24) is 0 Å². The molecule has 0 aromatic heterocycles. The largest absolute Gasteiger partial charge is 0.322 e. The van der Waals surface area contributed by atoms with E-state index in [2.05, 4.69) is 20.9 Å². The lowest BCUT2D eigenvalue weighted by molar-refractivity contribution is -0.385. The average molecular weight is 539 g/mol. The maximum absolute atomic E-state index is 13.1. The highest BCUT2D eigenvalue weighted by Gasteiger charge is 2.17. The van der Waals surface area contributed by atoms with Crippen molar-refractivity contribution in [2.45, 2.75) is 13.8 Å². The Morgan fingerprint density at radius 3 is 1.75 bits per heavy atom. The van der Waals surface area contributed by atoms with Crippen molar-refractivity contribution in [2.75, 3.05) is 10.6 Å². The van der Waals surface area contributed by atoms with Crippen LogP contribution in [-0.4, -0.2) is 21.7 Å². The van der Waals surface area contributed by atoms with Crippen LogP contribution in [0.5, 0.6) is 0 Å². The van der Waals surface area contributed by atoms with Crippen LogP contribution in [0.3, 0.4) is 0 Å². The Hall–Kier alpha value is -5.78. The number of carbonyl (C=O) groups is 2. The molecular weight excluding hydrogens is 516 g/mol. The standard InChI is InChI=1S/C28H22N6O6/c1-17-14-19(8-12-25(17)33(37)38)27(35)29-22-10-11-23(32-31-21-6-4-3-5-7-21)24(16-22)30-28(36)20-9-13-26(34(39)40)18(2)15-20/h3-16H,1-2H3,(H,29,35)(H,30,36). The monoisotopic (exact) mass is 538 g/mol. The predicted octanol–water partition coefficient (Wildman–Crippen LogP) is 7.04. The second kappa shape index (κ2) is 11.7. The third kappa shape index (κ3) is 6.37. The van der Waals surface area contributed by atoms with E-state index in [0.717, 1.165) is 0 Å². The van der Waals surface area contributed by atoms with Crippen molar-refractivity contribution in [3.63, 3.8) is 0 Å². The van der Waals surface area contributed by atoms with Gasteiger partial charge in [-0.15, -0.1) is 5.11 Å². The summed E-state index contributed by atoms with van der Waals surface area (Å²) in [6.45, 7) is 3.07. The van der Waals surface area contributed by atoms with Crippen LogP contribution in [0.2, 0.25) is 0 Å². The molecule has 0 aliphatic carbocycles. The lowest BCUT2D eigenvalue weighted by atomic mass is 10.1. The first-order valence-electron chi connectivity index (χ1n) is 11.9. The SMILES string of the molecule is Cc1cc(C(=O)Nc2ccc(N=Nc3ccccc3)c(NC(=O)c3ccc([N+](=O)[O-])c(C)c3)c2)ccc1[N+](=O)[O-]. The van der Waals surface area contributed by atoms with Crippen LogP contribution in [0.4, 0.5) is 34.1 Å². The molecule has 0 fully saturated rings. The fourth-order valence-corrected chi connectivity index (χ4v) is 3.81. The van der Waals surface area contributed by atoms with Gasteiger partial charge in [-0.1, -0.05) is 18.2 Å². The van der Waals surface area contributed by atoms with Gasteiger partial charge in [0, 0.05) is 40.1 Å². The molecule has 0 radical (unpaired) electrons. The number of nitro groups is 2. The third-order valence-electron chi connectivity index (χ3n) is 5.84. The molecule has 0 spiro atoms. The van der Waals surface area contributed by atoms with E-state index in [9.17, 15) is 29.8 Å². The molecule has 12 heteroatoms. The molecule has 0 heterocycles. The van der Waals surface area contributed by atoms with E-state index in [1.807, 2.05) is 6.07 Å². The van der Waals surface area contributed by atoms with Crippen LogP contribution in [-0.2, 0) is 0 Å². The maximum atomic E-state index is 13.1. The van der Waals surface area contributed by atoms with Gasteiger partial charge in [-0.25, -0.2) is 0 Å². The Morgan fingerprint density at radius 1 is 0.675 bits per heavy atom. The lowest BCUT2D eigenvalue weighted by Crippen LogP contribution is -2.14. The highest BCUT2D eigenvalue weighted by Crippen LogP contribution is 2.31. The summed E-state index contributed by atoms with van der Waals surface area (Å²) in [5.74, 6) is -1.07. The number of nitro benzene ring substituents is 2. The van der Waals surface area contributed by atoms with E-state index in [0.29, 0.717) is 28.2 Å². The summed E-state index contributed by atoms with van der Waals surface area (Å²) >= 11 is 0. The topological polar surface area (TPSA) is 169 Å². The van der Waals surface area contributed by atoms with Gasteiger partial charge in [0.05, 0.1) is 21.2 Å². The normalized spacial score (nSPS) is 10.8. The molecule has 0 aliphatic rings. The van der Waals surface area contributed by atoms with E-state index in [4.69, 9.17) is 0 Å². The highest BCUT2D eigenvalue weighted by molar-refractivity contribution is 6.08. The van der Waals surface area contributed by atoms with Gasteiger partial charge >= 0.3 is 0 Å². The molecule has 2 N–H and O–H groups in total. The number of nitrogens with zero attached hydrogens (tertiary/aromatic N) is 4. The highest BCUT2D eigenvalue weighted by atomic mass is 16.6. The summed E-state index contributed by atoms with van der Waals surface area (Å²) in [5, 5.41) is 36.1. The summed E-state index contributed by atoms with van der Waals surface area (Å²) in [6, 6.07) is 21.6. The molecule has 0 atom stereocenters. The van der Waals surface area contributed by atoms with Crippen LogP contribution in [0.1, 0.15) is 31.8 Å². The van der Waals surface area contributed by atoms with Crippen molar-refractivity contribution >= 4 is 45.9 Å². The predicted molar refractivity (Wildman–Crippen MR) is 149 cm³/mol. The zero-order chi connectivity index (χ0) is 28.8. The Labute approximate surface area is 227 Å². The van der Waals surface area contributed by atoms with Crippen molar-refractivity contribution in [3.8, 4) is 0 Å². The van der Waals surface area contributed by atoms with E-state index in [1.54, 1.807) is 36.4 Å². The van der Waals surface area contributed by atoms with Gasteiger partial charge in [-0.2, -0.15) is 5.11 Å². The van der Waals surface area contributed by atoms with Crippen molar-refractivity contribution in [2.24, 2.45) is 10.2 Å². The molecule has 0 saturated heterocycles. The Kier molecular flexibility index (Phi) is 7.99. The van der Waals surface area contributed by atoms with Crippen LogP contribution < -0.4 is 10.6 Å². The average Bonchev–Trinajstić information content (AvgIpc) is 2.92. The molecule has 0 bridgehead atoms. The van der Waals surface area contributed by atoms with Crippen LogP contribution in [0.15, 0.2) is 95.2 Å². The number of carbonyl (C=O) groups excluding carboxylic acids is 2. The zero-order valence-electron chi connectivity index (χ0n) is 21.3. The van der Waals surface area contributed by atoms with Gasteiger partial charge in [-0.3, -0.25) is 29.8 Å². The summed E-state index contributed by atoms with van der Waals surface area (Å²) < 4.78 is 0. The molecule has 200 valence electrons. The Bertz CT molecular complexity index is 1670. The van der Waals surface area contributed by atoms with Gasteiger partial charge in [-0.05, 0) is 68.4 Å². The Balaban J connectivity index is 1.64. The molecule has 4 aromatic carbocycles. The van der Waals surface area contributed by atoms with Gasteiger partial charge < -0.3 is 10.6 Å². The van der Waals surface area contributed by atoms with E-state index < -0.39 is 21.7 Å². The zero-order valence-corrected chi connectivity index (χ0v) is 21.3. The molecular formula is C28H22N6O6. The first-order chi connectivity index (χ1) is 19.1. The molecule has 12 nitrogen and oxygen atoms in total. The van der Waals surface area contributed by atoms with E-state index in [1.165, 1.54) is 56.3 Å². The molecule has 2 amide bonds. The van der Waals surface area contributed by atoms with E-state index in [-0.39, 0.29) is 28.2 Å². The molecule has 4 aromatic rings. The minimum absolute atomic E-state index is 0.101. The smallest absolute Gasteiger partial charge is 0.272 e. The number of aryl methyl sites for hydroxylation is 2. The van der Waals surface area contributed by atoms with Crippen molar-refractivity contribution < 1.29 is 19.4 Å². The van der Waals surface area contributed by atoms with Crippen LogP contribution in [0.25, 0.3) is 0 Å². The second-order valence-electron chi connectivity index (χ2n) is 8.69. The number of benzene rings is 4. The number of hydrogen-bond acceptors (Lipinski definition) is 8. The first-order valence-corrected chi connectivity index (χ1v) is 11.9. The quantitative estimate of drug-likeness (QED) is 0.138. The summed E-state index contributed by atoms with van der Waals surface area (Å²) in [5.41, 5.74) is 2.25. The van der Waals surface area contributed by atoms with Gasteiger partial charge in [0.25, 0.3) is 23.2 Å². The fourth-order valence-electron chi connectivity index (χ4n) is 3.81. The number of nitrogens with one attached hydrogen (secondary N) is 2. The van der Waals surface area contributed by atoms with Crippen LogP contribution >= 0.6 is 0 Å². The summed E-state index contributed by atoms with van der Waals surface area (Å²) in [4.78, 5) is 47.1. The number of anilines is 2. The van der Waals surface area contributed by atoms with Gasteiger partial charge in [0.15, 0.2) is 0 Å². The minimum atomic E-state index is -0.552. The van der Waals surface area contributed by atoms with Gasteiger partial charge in [0.2, 0.25) is 0 Å². The number of azo groups is 1. The van der Waals surface area contributed by atoms with Crippen molar-refractivity contribution in [3.05, 3.63) is 127 Å². The number of rotatable bonds is 8. The number of amides is 2. The minimum Gasteiger partial charge on any atom is -0.322 e. The van der Waals surface area contributed by atoms with Crippen molar-refractivity contribution in [1.29, 1.82) is 0 Å². The van der Waals surface area contributed by atoms with Crippen LogP contribution in [0, 0.1) is 34.1 Å². The lowest BCUT2D eigenvalue weighted by Gasteiger charge is -2.12. The molecule has 0 unspecified atom stereocenters. The molecule has 0 aliphatic heterocycles. The molecule has 40 heavy (non-hydrogen) atoms. The third-order valence-corrected chi connectivity index (χ3v) is 5.84. The summed E-state index contributed by atoms with van der Waals surface area (Å²) in [7, 11) is 0. The molecule has 4 rings (SSSR count). The number of hydrogen-bond donors (Lipinski definition) is 2. The van der Waals surface area contributed by atoms with E-state index >= 15 is 0 Å². The Morgan fingerprint density at radius 2 is 1.23 bits per heavy atom. The summed E-state index contributed by atoms with van der Waals surface area (Å²) in [6.07, 6.45) is 0. The first kappa shape index (κ1) is 27.3.